The smallest absolute Gasteiger partial charge is 0.287 e. The Balaban J connectivity index is 1.78. The van der Waals surface area contributed by atoms with Crippen molar-refractivity contribution in [2.45, 2.75) is 6.92 Å². The zero-order chi connectivity index (χ0) is 24.3. The lowest BCUT2D eigenvalue weighted by Gasteiger charge is -2.12. The summed E-state index contributed by atoms with van der Waals surface area (Å²) in [5, 5.41) is 6.76. The molecule has 0 fully saturated rings. The van der Waals surface area contributed by atoms with Crippen molar-refractivity contribution in [1.29, 1.82) is 0 Å². The second kappa shape index (κ2) is 12.0. The van der Waals surface area contributed by atoms with Gasteiger partial charge >= 0.3 is 0 Å². The number of carbonyl (C=O) groups is 2. The number of carbonyl (C=O) groups excluding carboxylic acids is 2. The van der Waals surface area contributed by atoms with E-state index in [1.165, 1.54) is 0 Å². The third-order valence-electron chi connectivity index (χ3n) is 4.88. The molecular weight excluding hydrogens is 424 g/mol. The van der Waals surface area contributed by atoms with Gasteiger partial charge in [-0.15, -0.1) is 0 Å². The van der Waals surface area contributed by atoms with E-state index in [0.29, 0.717) is 5.56 Å². The quantitative estimate of drug-likeness (QED) is 0.295. The molecule has 0 saturated heterocycles. The predicted molar refractivity (Wildman–Crippen MR) is 139 cm³/mol. The highest BCUT2D eigenvalue weighted by Crippen LogP contribution is 2.14. The van der Waals surface area contributed by atoms with Gasteiger partial charge in [0.15, 0.2) is 0 Å². The van der Waals surface area contributed by atoms with Crippen molar-refractivity contribution in [2.24, 2.45) is 5.10 Å². The highest BCUT2D eigenvalue weighted by molar-refractivity contribution is 6.05. The summed E-state index contributed by atoms with van der Waals surface area (Å²) in [5.74, 6) is -0.902. The Morgan fingerprint density at radius 3 is 2.00 bits per heavy atom. The van der Waals surface area contributed by atoms with Gasteiger partial charge in [0.2, 0.25) is 0 Å². The molecule has 0 radical (unpaired) electrons. The Bertz CT molecular complexity index is 1200. The van der Waals surface area contributed by atoms with Gasteiger partial charge in [-0.1, -0.05) is 66.7 Å². The third kappa shape index (κ3) is 7.31. The molecule has 0 aliphatic heterocycles. The summed E-state index contributed by atoms with van der Waals surface area (Å²) in [5.41, 5.74) is 6.75. The second-order valence-electron chi connectivity index (χ2n) is 7.86. The van der Waals surface area contributed by atoms with Crippen molar-refractivity contribution in [3.63, 3.8) is 0 Å². The largest absolute Gasteiger partial charge is 0.378 e. The number of hydrogen-bond donors (Lipinski definition) is 2. The number of allylic oxidation sites excluding steroid dienone is 1. The van der Waals surface area contributed by atoms with Crippen LogP contribution in [0.4, 0.5) is 5.69 Å². The molecule has 0 aliphatic rings. The number of hydrazone groups is 1. The molecular formula is C28H28N4O2. The number of anilines is 1. The number of benzene rings is 3. The lowest BCUT2D eigenvalue weighted by atomic mass is 10.1. The summed E-state index contributed by atoms with van der Waals surface area (Å²) in [4.78, 5) is 27.6. The zero-order valence-corrected chi connectivity index (χ0v) is 19.5. The number of nitrogens with zero attached hydrogens (tertiary/aromatic N) is 2. The van der Waals surface area contributed by atoms with Crippen LogP contribution in [0.25, 0.3) is 12.2 Å². The van der Waals surface area contributed by atoms with E-state index in [1.807, 2.05) is 92.7 Å². The summed E-state index contributed by atoms with van der Waals surface area (Å²) >= 11 is 0. The Morgan fingerprint density at radius 2 is 1.38 bits per heavy atom. The van der Waals surface area contributed by atoms with Gasteiger partial charge < -0.3 is 10.2 Å². The number of hydrogen-bond acceptors (Lipinski definition) is 4. The minimum absolute atomic E-state index is 0.0910. The molecule has 0 spiro atoms. The van der Waals surface area contributed by atoms with Gasteiger partial charge in [-0.2, -0.15) is 5.10 Å². The second-order valence-corrected chi connectivity index (χ2v) is 7.86. The van der Waals surface area contributed by atoms with Crippen molar-refractivity contribution < 1.29 is 9.59 Å². The Labute approximate surface area is 200 Å². The minimum Gasteiger partial charge on any atom is -0.378 e. The lowest BCUT2D eigenvalue weighted by molar-refractivity contribution is -0.117. The van der Waals surface area contributed by atoms with Crippen LogP contribution in [0.15, 0.2) is 101 Å². The topological polar surface area (TPSA) is 73.8 Å². The summed E-state index contributed by atoms with van der Waals surface area (Å²) in [6, 6.07) is 26.2. The van der Waals surface area contributed by atoms with Gasteiger partial charge in [-0.3, -0.25) is 9.59 Å². The Hall–Kier alpha value is -4.45. The van der Waals surface area contributed by atoms with Crippen LogP contribution in [-0.2, 0) is 4.79 Å². The number of rotatable bonds is 8. The average Bonchev–Trinajstić information content (AvgIpc) is 2.85. The van der Waals surface area contributed by atoms with Crippen molar-refractivity contribution in [2.75, 3.05) is 19.0 Å². The molecule has 0 aromatic heterocycles. The van der Waals surface area contributed by atoms with E-state index in [2.05, 4.69) is 15.8 Å². The van der Waals surface area contributed by atoms with Crippen LogP contribution in [0.2, 0.25) is 0 Å². The van der Waals surface area contributed by atoms with Crippen molar-refractivity contribution in [3.05, 3.63) is 113 Å². The van der Waals surface area contributed by atoms with E-state index < -0.39 is 5.91 Å². The average molecular weight is 453 g/mol. The van der Waals surface area contributed by atoms with Gasteiger partial charge in [0, 0.05) is 25.3 Å². The van der Waals surface area contributed by atoms with Crippen molar-refractivity contribution >= 4 is 35.9 Å². The molecule has 0 heterocycles. The molecule has 0 atom stereocenters. The van der Waals surface area contributed by atoms with Gasteiger partial charge in [-0.25, -0.2) is 5.43 Å². The first-order chi connectivity index (χ1) is 16.4. The summed E-state index contributed by atoms with van der Waals surface area (Å²) < 4.78 is 0. The molecule has 6 nitrogen and oxygen atoms in total. The highest BCUT2D eigenvalue weighted by atomic mass is 16.2. The molecule has 34 heavy (non-hydrogen) atoms. The van der Waals surface area contributed by atoms with E-state index in [-0.39, 0.29) is 11.6 Å². The molecule has 172 valence electrons. The van der Waals surface area contributed by atoms with Gasteiger partial charge in [0.1, 0.15) is 5.70 Å². The lowest BCUT2D eigenvalue weighted by Crippen LogP contribution is -2.32. The maximum absolute atomic E-state index is 12.9. The van der Waals surface area contributed by atoms with E-state index in [9.17, 15) is 9.59 Å². The molecule has 2 N–H and O–H groups in total. The number of nitrogens with one attached hydrogen (secondary N) is 2. The van der Waals surface area contributed by atoms with E-state index in [0.717, 1.165) is 22.4 Å². The first kappa shape index (κ1) is 24.2. The maximum atomic E-state index is 12.9. The number of amides is 2. The molecule has 0 unspecified atom stereocenters. The Morgan fingerprint density at radius 1 is 0.794 bits per heavy atom. The molecule has 0 bridgehead atoms. The maximum Gasteiger partial charge on any atom is 0.287 e. The van der Waals surface area contributed by atoms with E-state index >= 15 is 0 Å². The monoisotopic (exact) mass is 452 g/mol. The fourth-order valence-corrected chi connectivity index (χ4v) is 3.08. The molecule has 0 aliphatic carbocycles. The molecule has 3 aromatic rings. The van der Waals surface area contributed by atoms with Crippen LogP contribution in [0.5, 0.6) is 0 Å². The first-order valence-corrected chi connectivity index (χ1v) is 10.8. The SMILES string of the molecule is CC(/C=N\NC(=O)/C(=C/c1ccc(N(C)C)cc1)NC(=O)c1ccccc1)=C\c1ccccc1. The van der Waals surface area contributed by atoms with Crippen LogP contribution >= 0.6 is 0 Å². The zero-order valence-electron chi connectivity index (χ0n) is 19.5. The molecule has 3 aromatic carbocycles. The summed E-state index contributed by atoms with van der Waals surface area (Å²) in [6.45, 7) is 1.89. The fraction of sp³-hybridized carbons (Fsp3) is 0.107. The first-order valence-electron chi connectivity index (χ1n) is 10.8. The van der Waals surface area contributed by atoms with Gasteiger partial charge in [-0.05, 0) is 54.0 Å². The van der Waals surface area contributed by atoms with Crippen LogP contribution in [-0.4, -0.2) is 32.1 Å². The molecule has 3 rings (SSSR count). The molecule has 0 saturated carbocycles. The third-order valence-corrected chi connectivity index (χ3v) is 4.88. The minimum atomic E-state index is -0.523. The summed E-state index contributed by atoms with van der Waals surface area (Å²) in [7, 11) is 3.91. The van der Waals surface area contributed by atoms with Crippen molar-refractivity contribution in [1.82, 2.24) is 10.7 Å². The molecule has 6 heteroatoms. The Kier molecular flexibility index (Phi) is 8.52. The van der Waals surface area contributed by atoms with Crippen LogP contribution in [0.3, 0.4) is 0 Å². The van der Waals surface area contributed by atoms with Gasteiger partial charge in [0.25, 0.3) is 11.8 Å². The van der Waals surface area contributed by atoms with Crippen molar-refractivity contribution in [3.8, 4) is 0 Å². The fourth-order valence-electron chi connectivity index (χ4n) is 3.08. The van der Waals surface area contributed by atoms with Gasteiger partial charge in [0.05, 0.1) is 6.21 Å². The van der Waals surface area contributed by atoms with E-state index in [4.69, 9.17) is 0 Å². The highest BCUT2D eigenvalue weighted by Gasteiger charge is 2.14. The van der Waals surface area contributed by atoms with Crippen LogP contribution in [0, 0.1) is 0 Å². The standard InChI is InChI=1S/C28H28N4O2/c1-21(18-22-10-6-4-7-11-22)20-29-31-28(34)26(30-27(33)24-12-8-5-9-13-24)19-23-14-16-25(17-15-23)32(2)3/h4-20H,1-3H3,(H,30,33)(H,31,34)/b21-18+,26-19-,29-20-. The predicted octanol–water partition coefficient (Wildman–Crippen LogP) is 4.73. The van der Waals surface area contributed by atoms with Crippen LogP contribution < -0.4 is 15.6 Å². The van der Waals surface area contributed by atoms with Crippen LogP contribution in [0.1, 0.15) is 28.4 Å². The van der Waals surface area contributed by atoms with E-state index in [1.54, 1.807) is 36.6 Å². The summed E-state index contributed by atoms with van der Waals surface area (Å²) in [6.07, 6.45) is 5.14. The normalized spacial score (nSPS) is 11.9. The molecule has 2 amide bonds.